The summed E-state index contributed by atoms with van der Waals surface area (Å²) in [5.74, 6) is 2.66. The second-order valence-corrected chi connectivity index (χ2v) is 28.6. The molecule has 0 fully saturated rings. The molecule has 0 saturated heterocycles. The molecule has 108 heavy (non-hydrogen) atoms. The largest absolute Gasteiger partial charge is 0.247 e. The van der Waals surface area contributed by atoms with Crippen LogP contribution in [0.5, 0.6) is 0 Å². The van der Waals surface area contributed by atoms with Crippen molar-refractivity contribution in [1.29, 1.82) is 0 Å². The van der Waals surface area contributed by atoms with E-state index in [9.17, 15) is 0 Å². The molecule has 20 aromatic rings. The maximum Gasteiger partial charge on any atom is 0.164 e. The molecule has 9 heteroatoms. The third-order valence-corrected chi connectivity index (χ3v) is 22.4. The fraction of sp³-hybridized carbons (Fsp3) is 0. The first-order valence-electron chi connectivity index (χ1n) is 36.1. The highest BCUT2D eigenvalue weighted by molar-refractivity contribution is 7.24. The molecule has 7 nitrogen and oxygen atoms in total. The molecule has 0 N–H and O–H groups in total. The Labute approximate surface area is 632 Å². The van der Waals surface area contributed by atoms with Gasteiger partial charge in [0.05, 0.1) is 33.6 Å². The summed E-state index contributed by atoms with van der Waals surface area (Å²) in [6.45, 7) is 0. The first-order valence-corrected chi connectivity index (χ1v) is 37.7. The number of para-hydroxylation sites is 3. The van der Waals surface area contributed by atoms with Crippen LogP contribution in [0.25, 0.3) is 198 Å². The number of thiophene rings is 2. The zero-order valence-corrected chi connectivity index (χ0v) is 60.0. The van der Waals surface area contributed by atoms with Crippen molar-refractivity contribution in [3.8, 4) is 145 Å². The smallest absolute Gasteiger partial charge is 0.164 e. The Hall–Kier alpha value is -13.8. The quantitative estimate of drug-likeness (QED) is 0.114. The number of rotatable bonds is 13. The normalized spacial score (nSPS) is 11.3. The van der Waals surface area contributed by atoms with Gasteiger partial charge in [-0.1, -0.05) is 352 Å². The molecule has 0 saturated carbocycles. The van der Waals surface area contributed by atoms with Crippen molar-refractivity contribution in [3.05, 3.63) is 382 Å². The summed E-state index contributed by atoms with van der Waals surface area (Å²) in [4.78, 5) is 38.0. The number of hydrogen-bond acceptors (Lipinski definition) is 9. The first-order chi connectivity index (χ1) is 53.5. The van der Waals surface area contributed by atoms with Crippen LogP contribution >= 0.6 is 22.7 Å². The lowest BCUT2D eigenvalue weighted by atomic mass is 9.93. The lowest BCUT2D eigenvalue weighted by molar-refractivity contribution is 1.07. The molecule has 0 amide bonds. The van der Waals surface area contributed by atoms with E-state index in [-0.39, 0.29) is 0 Å². The standard InChI is InChI=1S/C50H32N4S.C49H31N3S/c1-5-16-34(17-6-1)43-44-45(51-42-27-14-13-26-41(42)47(44)55-46(43)35-18-7-2-8-19-35)40-25-15-24-39(32-40)33-28-30-38(31-29-33)50-53-48(36-20-9-3-10-21-36)52-49(54-50)37-22-11-4-12-23-37;1-4-15-33(16-5-1)43-44-46(50-42-26-13-11-24-40(42)48(44)53-47(43)35-17-6-2-7-18-35)38-22-14-21-37(31-38)32-27-29-34(30-28-32)45-39-23-10-12-25-41(39)51-49(52-45)36-19-8-3-9-20-36/h1-32H;1-31H. The molecule has 0 radical (unpaired) electrons. The summed E-state index contributed by atoms with van der Waals surface area (Å²) in [7, 11) is 0. The van der Waals surface area contributed by atoms with Crippen LogP contribution in [-0.2, 0) is 0 Å². The third-order valence-electron chi connectivity index (χ3n) is 19.8. The lowest BCUT2D eigenvalue weighted by Gasteiger charge is -2.12. The van der Waals surface area contributed by atoms with Gasteiger partial charge in [0.2, 0.25) is 0 Å². The molecular formula is C99H63N7S2. The van der Waals surface area contributed by atoms with E-state index in [1.165, 1.54) is 74.1 Å². The van der Waals surface area contributed by atoms with Crippen molar-refractivity contribution in [1.82, 2.24) is 34.9 Å². The van der Waals surface area contributed by atoms with E-state index in [4.69, 9.17) is 34.9 Å². The first kappa shape index (κ1) is 65.0. The maximum atomic E-state index is 5.41. The van der Waals surface area contributed by atoms with E-state index in [0.29, 0.717) is 17.5 Å². The Morgan fingerprint density at radius 2 is 0.444 bits per heavy atom. The van der Waals surface area contributed by atoms with E-state index < -0.39 is 0 Å². The number of hydrogen-bond donors (Lipinski definition) is 0. The lowest BCUT2D eigenvalue weighted by Crippen LogP contribution is -2.00. The van der Waals surface area contributed by atoms with E-state index in [0.717, 1.165) is 106 Å². The predicted molar refractivity (Wildman–Crippen MR) is 451 cm³/mol. The number of aromatic nitrogens is 7. The van der Waals surface area contributed by atoms with Gasteiger partial charge < -0.3 is 0 Å². The summed E-state index contributed by atoms with van der Waals surface area (Å²) in [5.41, 5.74) is 24.6. The minimum Gasteiger partial charge on any atom is -0.247 e. The second kappa shape index (κ2) is 28.7. The highest BCUT2D eigenvalue weighted by Crippen LogP contribution is 2.52. The highest BCUT2D eigenvalue weighted by atomic mass is 32.1. The van der Waals surface area contributed by atoms with Gasteiger partial charge in [0.25, 0.3) is 0 Å². The number of benzene rings is 14. The van der Waals surface area contributed by atoms with Crippen molar-refractivity contribution in [2.24, 2.45) is 0 Å². The SMILES string of the molecule is c1ccc(-c2nc(-c3ccc(-c4cccc(-c5nc6ccccc6c6sc(-c7ccccc7)c(-c7ccccc7)c56)c4)cc3)c3ccccc3n2)cc1.c1ccc(-c2nc(-c3ccccc3)nc(-c3ccc(-c4cccc(-c5nc6ccccc6c6sc(-c7ccccc7)c(-c7ccccc7)c56)c4)cc3)n2)cc1. The van der Waals surface area contributed by atoms with Gasteiger partial charge in [0.1, 0.15) is 0 Å². The van der Waals surface area contributed by atoms with Gasteiger partial charge in [0, 0.05) is 96.2 Å². The minimum atomic E-state index is 0.635. The third kappa shape index (κ3) is 12.5. The van der Waals surface area contributed by atoms with Gasteiger partial charge in [-0.05, 0) is 74.8 Å². The minimum absolute atomic E-state index is 0.635. The van der Waals surface area contributed by atoms with Crippen LogP contribution in [0.15, 0.2) is 382 Å². The van der Waals surface area contributed by atoms with Gasteiger partial charge >= 0.3 is 0 Å². The Kier molecular flexibility index (Phi) is 17.2. The zero-order chi connectivity index (χ0) is 71.7. The molecule has 0 spiro atoms. The molecule has 20 rings (SSSR count). The summed E-state index contributed by atoms with van der Waals surface area (Å²) >= 11 is 3.71. The molecule has 14 aromatic carbocycles. The number of pyridine rings is 2. The van der Waals surface area contributed by atoms with Crippen LogP contribution in [0.1, 0.15) is 0 Å². The molecule has 0 aliphatic heterocycles. The van der Waals surface area contributed by atoms with Gasteiger partial charge in [-0.25, -0.2) is 34.9 Å². The van der Waals surface area contributed by atoms with E-state index in [1.54, 1.807) is 0 Å². The highest BCUT2D eigenvalue weighted by Gasteiger charge is 2.26. The van der Waals surface area contributed by atoms with E-state index >= 15 is 0 Å². The fourth-order valence-corrected chi connectivity index (χ4v) is 17.3. The number of fused-ring (bicyclic) bond motifs is 7. The number of nitrogens with zero attached hydrogens (tertiary/aromatic N) is 7. The molecule has 0 bridgehead atoms. The molecule has 0 unspecified atom stereocenters. The molecule has 0 aliphatic rings. The average Bonchev–Trinajstić information content (AvgIpc) is 1.57. The van der Waals surface area contributed by atoms with Crippen LogP contribution in [0, 0.1) is 0 Å². The molecular weight excluding hydrogens is 1350 g/mol. The zero-order valence-electron chi connectivity index (χ0n) is 58.3. The second-order valence-electron chi connectivity index (χ2n) is 26.6. The van der Waals surface area contributed by atoms with Gasteiger partial charge in [-0.15, -0.1) is 22.7 Å². The summed E-state index contributed by atoms with van der Waals surface area (Å²) in [6, 6.07) is 133. The predicted octanol–water partition coefficient (Wildman–Crippen LogP) is 26.7. The Balaban J connectivity index is 0.000000147. The van der Waals surface area contributed by atoms with Crippen LogP contribution in [0.3, 0.4) is 0 Å². The molecule has 6 heterocycles. The Morgan fingerprint density at radius 3 is 0.833 bits per heavy atom. The molecule has 506 valence electrons. The fourth-order valence-electron chi connectivity index (χ4n) is 14.6. The maximum absolute atomic E-state index is 5.41. The van der Waals surface area contributed by atoms with Crippen molar-refractivity contribution in [2.45, 2.75) is 0 Å². The Bertz CT molecular complexity index is 6620. The molecule has 0 aliphatic carbocycles. The van der Waals surface area contributed by atoms with Gasteiger partial charge in [0.15, 0.2) is 23.3 Å². The van der Waals surface area contributed by atoms with E-state index in [1.807, 2.05) is 108 Å². The summed E-state index contributed by atoms with van der Waals surface area (Å²) in [5, 5.41) is 5.75. The van der Waals surface area contributed by atoms with Crippen molar-refractivity contribution < 1.29 is 0 Å². The van der Waals surface area contributed by atoms with Crippen LogP contribution < -0.4 is 0 Å². The van der Waals surface area contributed by atoms with Crippen LogP contribution in [-0.4, -0.2) is 34.9 Å². The van der Waals surface area contributed by atoms with Crippen molar-refractivity contribution in [3.63, 3.8) is 0 Å². The van der Waals surface area contributed by atoms with Gasteiger partial charge in [-0.3, -0.25) is 0 Å². The van der Waals surface area contributed by atoms with E-state index in [2.05, 4.69) is 297 Å². The van der Waals surface area contributed by atoms with Gasteiger partial charge in [-0.2, -0.15) is 0 Å². The van der Waals surface area contributed by atoms with Crippen molar-refractivity contribution in [2.75, 3.05) is 0 Å². The monoisotopic (exact) mass is 1410 g/mol. The molecule has 0 atom stereocenters. The summed E-state index contributed by atoms with van der Waals surface area (Å²) < 4.78 is 2.50. The topological polar surface area (TPSA) is 90.2 Å². The summed E-state index contributed by atoms with van der Waals surface area (Å²) in [6.07, 6.45) is 0. The van der Waals surface area contributed by atoms with Crippen LogP contribution in [0.4, 0.5) is 0 Å². The van der Waals surface area contributed by atoms with Crippen LogP contribution in [0.2, 0.25) is 0 Å². The Morgan fingerprint density at radius 1 is 0.167 bits per heavy atom. The molecule has 6 aromatic heterocycles. The average molecular weight is 1410 g/mol. The van der Waals surface area contributed by atoms with Crippen molar-refractivity contribution >= 4 is 75.6 Å².